The molecule has 2 amide bonds. The third kappa shape index (κ3) is 4.80. The van der Waals surface area contributed by atoms with Gasteiger partial charge in [0.25, 0.3) is 0 Å². The second-order valence-corrected chi connectivity index (χ2v) is 8.14. The molecular weight excluding hydrogens is 388 g/mol. The number of piperidine rings is 1. The van der Waals surface area contributed by atoms with E-state index in [4.69, 9.17) is 16.3 Å². The van der Waals surface area contributed by atoms with Gasteiger partial charge in [0.15, 0.2) is 0 Å². The number of likely N-dealkylation sites (tertiary alicyclic amines) is 1. The van der Waals surface area contributed by atoms with Crippen molar-refractivity contribution < 1.29 is 14.3 Å². The van der Waals surface area contributed by atoms with Gasteiger partial charge >= 0.3 is 0 Å². The van der Waals surface area contributed by atoms with Crippen molar-refractivity contribution in [1.29, 1.82) is 0 Å². The summed E-state index contributed by atoms with van der Waals surface area (Å²) < 4.78 is 6.01. The lowest BCUT2D eigenvalue weighted by Gasteiger charge is -2.33. The van der Waals surface area contributed by atoms with Gasteiger partial charge in [0, 0.05) is 36.8 Å². The van der Waals surface area contributed by atoms with Crippen molar-refractivity contribution in [2.75, 3.05) is 24.5 Å². The van der Waals surface area contributed by atoms with Crippen molar-refractivity contribution in [2.45, 2.75) is 32.0 Å². The Balaban J connectivity index is 1.28. The highest BCUT2D eigenvalue weighted by Crippen LogP contribution is 2.29. The molecule has 0 radical (unpaired) electrons. The molecule has 4 rings (SSSR count). The Labute approximate surface area is 176 Å². The van der Waals surface area contributed by atoms with Crippen molar-refractivity contribution in [3.63, 3.8) is 0 Å². The van der Waals surface area contributed by atoms with Gasteiger partial charge in [-0.15, -0.1) is 0 Å². The minimum atomic E-state index is -0.289. The van der Waals surface area contributed by atoms with Crippen molar-refractivity contribution in [3.05, 3.63) is 65.2 Å². The topological polar surface area (TPSA) is 49.9 Å². The Bertz CT molecular complexity index is 865. The summed E-state index contributed by atoms with van der Waals surface area (Å²) in [7, 11) is 0. The van der Waals surface area contributed by atoms with Gasteiger partial charge in [0.05, 0.1) is 18.6 Å². The van der Waals surface area contributed by atoms with Gasteiger partial charge in [0.2, 0.25) is 11.8 Å². The lowest BCUT2D eigenvalue weighted by Crippen LogP contribution is -2.44. The van der Waals surface area contributed by atoms with Crippen LogP contribution in [0.4, 0.5) is 5.69 Å². The third-order valence-corrected chi connectivity index (χ3v) is 5.91. The number of benzene rings is 2. The monoisotopic (exact) mass is 412 g/mol. The van der Waals surface area contributed by atoms with Crippen LogP contribution >= 0.6 is 11.6 Å². The summed E-state index contributed by atoms with van der Waals surface area (Å²) in [6.07, 6.45) is 2.09. The quantitative estimate of drug-likeness (QED) is 0.748. The van der Waals surface area contributed by atoms with Crippen LogP contribution in [-0.2, 0) is 20.9 Å². The molecule has 2 aliphatic heterocycles. The Hall–Kier alpha value is -2.37. The Kier molecular flexibility index (Phi) is 6.16. The van der Waals surface area contributed by atoms with Crippen LogP contribution in [0.5, 0.6) is 0 Å². The predicted molar refractivity (Wildman–Crippen MR) is 113 cm³/mol. The van der Waals surface area contributed by atoms with Gasteiger partial charge in [-0.25, -0.2) is 0 Å². The van der Waals surface area contributed by atoms with E-state index < -0.39 is 0 Å². The van der Waals surface area contributed by atoms with Crippen molar-refractivity contribution in [1.82, 2.24) is 4.90 Å². The van der Waals surface area contributed by atoms with E-state index in [1.165, 1.54) is 0 Å². The van der Waals surface area contributed by atoms with E-state index in [1.807, 2.05) is 35.2 Å². The van der Waals surface area contributed by atoms with E-state index in [9.17, 15) is 9.59 Å². The SMILES string of the molecule is O=C(C1CC(=O)N(c2cccc(Cl)c2)C1)N1CCC(OCc2ccccc2)CC1. The normalized spacial score (nSPS) is 20.3. The molecule has 2 aliphatic rings. The number of nitrogens with zero attached hydrogens (tertiary/aromatic N) is 2. The van der Waals surface area contributed by atoms with Gasteiger partial charge in [0.1, 0.15) is 0 Å². The number of anilines is 1. The summed E-state index contributed by atoms with van der Waals surface area (Å²) in [5, 5.41) is 0.586. The van der Waals surface area contributed by atoms with Gasteiger partial charge in [-0.3, -0.25) is 9.59 Å². The van der Waals surface area contributed by atoms with Crippen LogP contribution in [0.1, 0.15) is 24.8 Å². The number of amides is 2. The molecule has 1 atom stereocenters. The largest absolute Gasteiger partial charge is 0.373 e. The van der Waals surface area contributed by atoms with Crippen LogP contribution in [0, 0.1) is 5.92 Å². The number of hydrogen-bond donors (Lipinski definition) is 0. The van der Waals surface area contributed by atoms with Gasteiger partial charge in [-0.05, 0) is 36.6 Å². The first-order chi connectivity index (χ1) is 14.1. The summed E-state index contributed by atoms with van der Waals surface area (Å²) >= 11 is 6.05. The molecule has 2 fully saturated rings. The van der Waals surface area contributed by atoms with Crippen LogP contribution in [0.15, 0.2) is 54.6 Å². The maximum Gasteiger partial charge on any atom is 0.228 e. The molecule has 2 saturated heterocycles. The zero-order valence-corrected chi connectivity index (χ0v) is 17.1. The smallest absolute Gasteiger partial charge is 0.228 e. The van der Waals surface area contributed by atoms with Crippen LogP contribution < -0.4 is 4.90 Å². The van der Waals surface area contributed by atoms with Crippen LogP contribution in [0.2, 0.25) is 5.02 Å². The molecule has 2 aromatic carbocycles. The average molecular weight is 413 g/mol. The molecule has 6 heteroatoms. The highest BCUT2D eigenvalue weighted by Gasteiger charge is 2.38. The average Bonchev–Trinajstić information content (AvgIpc) is 3.14. The first-order valence-corrected chi connectivity index (χ1v) is 10.5. The lowest BCUT2D eigenvalue weighted by atomic mass is 10.0. The minimum absolute atomic E-state index is 0.0216. The summed E-state index contributed by atoms with van der Waals surface area (Å²) in [5.41, 5.74) is 1.92. The van der Waals surface area contributed by atoms with Crippen molar-refractivity contribution in [2.24, 2.45) is 5.92 Å². The van der Waals surface area contributed by atoms with Crippen molar-refractivity contribution in [3.8, 4) is 0 Å². The third-order valence-electron chi connectivity index (χ3n) is 5.68. The number of halogens is 1. The van der Waals surface area contributed by atoms with E-state index in [2.05, 4.69) is 12.1 Å². The molecule has 1 unspecified atom stereocenters. The summed E-state index contributed by atoms with van der Waals surface area (Å²) in [5.74, 6) is -0.237. The zero-order valence-electron chi connectivity index (χ0n) is 16.3. The molecule has 0 N–H and O–H groups in total. The Morgan fingerprint density at radius 3 is 2.55 bits per heavy atom. The maximum atomic E-state index is 13.0. The molecule has 0 aliphatic carbocycles. The molecule has 29 heavy (non-hydrogen) atoms. The number of ether oxygens (including phenoxy) is 1. The minimum Gasteiger partial charge on any atom is -0.373 e. The molecule has 152 valence electrons. The lowest BCUT2D eigenvalue weighted by molar-refractivity contribution is -0.138. The number of carbonyl (C=O) groups excluding carboxylic acids is 2. The zero-order chi connectivity index (χ0) is 20.2. The fraction of sp³-hybridized carbons (Fsp3) is 0.391. The molecule has 0 bridgehead atoms. The molecule has 5 nitrogen and oxygen atoms in total. The van der Waals surface area contributed by atoms with E-state index in [1.54, 1.807) is 17.0 Å². The second-order valence-electron chi connectivity index (χ2n) is 7.71. The molecule has 0 saturated carbocycles. The number of rotatable bonds is 5. The van der Waals surface area contributed by atoms with E-state index in [-0.39, 0.29) is 30.3 Å². The second kappa shape index (κ2) is 8.97. The van der Waals surface area contributed by atoms with E-state index in [0.717, 1.165) is 24.1 Å². The Morgan fingerprint density at radius 1 is 1.07 bits per heavy atom. The van der Waals surface area contributed by atoms with Crippen LogP contribution in [-0.4, -0.2) is 42.5 Å². The van der Waals surface area contributed by atoms with E-state index in [0.29, 0.717) is 31.3 Å². The maximum absolute atomic E-state index is 13.0. The summed E-state index contributed by atoms with van der Waals surface area (Å²) in [4.78, 5) is 29.0. The highest BCUT2D eigenvalue weighted by molar-refractivity contribution is 6.31. The first-order valence-electron chi connectivity index (χ1n) is 10.1. The standard InChI is InChI=1S/C23H25ClN2O3/c24-19-7-4-8-20(14-19)26-15-18(13-22(26)27)23(28)25-11-9-21(10-12-25)29-16-17-5-2-1-3-6-17/h1-8,14,18,21H,9-13,15-16H2. The van der Waals surface area contributed by atoms with E-state index >= 15 is 0 Å². The predicted octanol–water partition coefficient (Wildman–Crippen LogP) is 3.90. The van der Waals surface area contributed by atoms with Gasteiger partial charge in [-0.1, -0.05) is 48.0 Å². The number of hydrogen-bond acceptors (Lipinski definition) is 3. The summed E-state index contributed by atoms with van der Waals surface area (Å²) in [6.45, 7) is 2.38. The Morgan fingerprint density at radius 2 is 1.83 bits per heavy atom. The van der Waals surface area contributed by atoms with Crippen LogP contribution in [0.3, 0.4) is 0 Å². The molecular formula is C23H25ClN2O3. The molecule has 2 aromatic rings. The first kappa shape index (κ1) is 19.9. The molecule has 0 aromatic heterocycles. The highest BCUT2D eigenvalue weighted by atomic mass is 35.5. The van der Waals surface area contributed by atoms with Gasteiger partial charge < -0.3 is 14.5 Å². The van der Waals surface area contributed by atoms with Crippen molar-refractivity contribution >= 4 is 29.1 Å². The fourth-order valence-electron chi connectivity index (χ4n) is 4.06. The van der Waals surface area contributed by atoms with Crippen LogP contribution in [0.25, 0.3) is 0 Å². The van der Waals surface area contributed by atoms with Gasteiger partial charge in [-0.2, -0.15) is 0 Å². The molecule has 0 spiro atoms. The molecule has 2 heterocycles. The number of carbonyl (C=O) groups is 2. The fourth-order valence-corrected chi connectivity index (χ4v) is 4.24. The summed E-state index contributed by atoms with van der Waals surface area (Å²) in [6, 6.07) is 17.3.